The minimum Gasteiger partial charge on any atom is -0.464 e. The number of fused-ring (bicyclic) bond motifs is 1. The van der Waals surface area contributed by atoms with Gasteiger partial charge in [0.15, 0.2) is 5.96 Å². The van der Waals surface area contributed by atoms with Gasteiger partial charge in [-0.3, -0.25) is 4.99 Å². The molecule has 2 aromatic rings. The highest BCUT2D eigenvalue weighted by molar-refractivity contribution is 14.0. The Hall–Kier alpha value is -1.58. The van der Waals surface area contributed by atoms with Crippen LogP contribution in [0.4, 0.5) is 0 Å². The first-order valence-electron chi connectivity index (χ1n) is 8.49. The molecule has 0 amide bonds. The van der Waals surface area contributed by atoms with E-state index in [1.54, 1.807) is 7.05 Å². The molecule has 138 valence electrons. The van der Waals surface area contributed by atoms with E-state index in [1.165, 1.54) is 0 Å². The zero-order valence-electron chi connectivity index (χ0n) is 15.2. The summed E-state index contributed by atoms with van der Waals surface area (Å²) in [7, 11) is 1.79. The first-order valence-corrected chi connectivity index (χ1v) is 8.49. The van der Waals surface area contributed by atoms with E-state index in [9.17, 15) is 0 Å². The normalized spacial score (nSPS) is 18.2. The summed E-state index contributed by atoms with van der Waals surface area (Å²) < 4.78 is 7.89. The van der Waals surface area contributed by atoms with Gasteiger partial charge in [-0.25, -0.2) is 0 Å². The van der Waals surface area contributed by atoms with Crippen molar-refractivity contribution in [2.24, 2.45) is 10.9 Å². The van der Waals surface area contributed by atoms with E-state index in [2.05, 4.69) is 37.3 Å². The van der Waals surface area contributed by atoms with Crippen molar-refractivity contribution in [2.75, 3.05) is 13.6 Å². The standard InChI is InChI=1S/C17H26N6O.HI/c1-11-5-7-15(24-11)12(2)20-17(18-4)19-9-14-6-8-16-22-21-13(3)23(16)10-14;/h5,7,12,14H,6,8-10H2,1-4H3,(H2,18,19,20);1H. The fourth-order valence-electron chi connectivity index (χ4n) is 3.09. The molecule has 0 aliphatic carbocycles. The molecular formula is C17H27IN6O. The minimum absolute atomic E-state index is 0. The van der Waals surface area contributed by atoms with Crippen molar-refractivity contribution in [1.29, 1.82) is 0 Å². The van der Waals surface area contributed by atoms with Crippen LogP contribution in [0.25, 0.3) is 0 Å². The SMILES string of the molecule is CN=C(NCC1CCc2nnc(C)n2C1)NC(C)c1ccc(C)o1.I. The molecule has 7 nitrogen and oxygen atoms in total. The first-order chi connectivity index (χ1) is 11.6. The number of nitrogens with zero attached hydrogens (tertiary/aromatic N) is 4. The Labute approximate surface area is 165 Å². The monoisotopic (exact) mass is 458 g/mol. The van der Waals surface area contributed by atoms with E-state index in [0.717, 1.165) is 55.1 Å². The highest BCUT2D eigenvalue weighted by Gasteiger charge is 2.22. The summed E-state index contributed by atoms with van der Waals surface area (Å²) in [4.78, 5) is 4.32. The first kappa shape index (κ1) is 19.7. The van der Waals surface area contributed by atoms with Crippen LogP contribution in [0.5, 0.6) is 0 Å². The van der Waals surface area contributed by atoms with Crippen molar-refractivity contribution in [1.82, 2.24) is 25.4 Å². The molecule has 2 N–H and O–H groups in total. The van der Waals surface area contributed by atoms with Crippen LogP contribution in [0.1, 0.15) is 42.6 Å². The van der Waals surface area contributed by atoms with E-state index in [4.69, 9.17) is 4.42 Å². The summed E-state index contributed by atoms with van der Waals surface area (Å²) in [5, 5.41) is 15.2. The van der Waals surface area contributed by atoms with E-state index >= 15 is 0 Å². The fraction of sp³-hybridized carbons (Fsp3) is 0.588. The number of aromatic nitrogens is 3. The van der Waals surface area contributed by atoms with Gasteiger partial charge >= 0.3 is 0 Å². The van der Waals surface area contributed by atoms with Gasteiger partial charge in [0, 0.05) is 26.6 Å². The van der Waals surface area contributed by atoms with Gasteiger partial charge in [-0.15, -0.1) is 34.2 Å². The second-order valence-electron chi connectivity index (χ2n) is 6.45. The molecule has 1 aliphatic rings. The van der Waals surface area contributed by atoms with E-state index in [1.807, 2.05) is 26.0 Å². The summed E-state index contributed by atoms with van der Waals surface area (Å²) in [6.07, 6.45) is 2.11. The lowest BCUT2D eigenvalue weighted by Crippen LogP contribution is -2.42. The molecule has 8 heteroatoms. The van der Waals surface area contributed by atoms with Gasteiger partial charge in [0.25, 0.3) is 0 Å². The van der Waals surface area contributed by atoms with Crippen molar-refractivity contribution < 1.29 is 4.42 Å². The van der Waals surface area contributed by atoms with Crippen molar-refractivity contribution in [3.8, 4) is 0 Å². The molecular weight excluding hydrogens is 431 g/mol. The van der Waals surface area contributed by atoms with Crippen LogP contribution in [0.15, 0.2) is 21.5 Å². The summed E-state index contributed by atoms with van der Waals surface area (Å²) in [5.41, 5.74) is 0. The predicted octanol–water partition coefficient (Wildman–Crippen LogP) is 2.59. The van der Waals surface area contributed by atoms with Crippen LogP contribution in [-0.4, -0.2) is 34.3 Å². The Kier molecular flexibility index (Phi) is 6.86. The van der Waals surface area contributed by atoms with Crippen LogP contribution in [0.3, 0.4) is 0 Å². The van der Waals surface area contributed by atoms with Crippen LogP contribution < -0.4 is 10.6 Å². The number of hydrogen-bond donors (Lipinski definition) is 2. The quantitative estimate of drug-likeness (QED) is 0.419. The number of furan rings is 1. The molecule has 0 saturated heterocycles. The molecule has 25 heavy (non-hydrogen) atoms. The zero-order chi connectivity index (χ0) is 17.1. The molecule has 3 heterocycles. The highest BCUT2D eigenvalue weighted by atomic mass is 127. The van der Waals surface area contributed by atoms with Gasteiger partial charge in [0.05, 0.1) is 6.04 Å². The zero-order valence-corrected chi connectivity index (χ0v) is 17.6. The molecule has 3 rings (SSSR count). The Morgan fingerprint density at radius 2 is 2.20 bits per heavy atom. The molecule has 2 aromatic heterocycles. The lowest BCUT2D eigenvalue weighted by Gasteiger charge is -2.25. The van der Waals surface area contributed by atoms with Crippen molar-refractivity contribution in [2.45, 2.75) is 46.2 Å². The largest absolute Gasteiger partial charge is 0.464 e. The number of aryl methyl sites for hydroxylation is 3. The predicted molar refractivity (Wildman–Crippen MR) is 108 cm³/mol. The highest BCUT2D eigenvalue weighted by Crippen LogP contribution is 2.19. The summed E-state index contributed by atoms with van der Waals surface area (Å²) in [5.74, 6) is 5.28. The third-order valence-electron chi connectivity index (χ3n) is 4.55. The number of hydrogen-bond acceptors (Lipinski definition) is 4. The Morgan fingerprint density at radius 3 is 2.88 bits per heavy atom. The number of aliphatic imine (C=N–C) groups is 1. The molecule has 0 fully saturated rings. The van der Waals surface area contributed by atoms with Crippen LogP contribution in [0, 0.1) is 19.8 Å². The van der Waals surface area contributed by atoms with Gasteiger partial charge in [0.2, 0.25) is 0 Å². The summed E-state index contributed by atoms with van der Waals surface area (Å²) in [6.45, 7) is 7.87. The van der Waals surface area contributed by atoms with Gasteiger partial charge < -0.3 is 19.6 Å². The molecule has 2 atom stereocenters. The van der Waals surface area contributed by atoms with Crippen molar-refractivity contribution in [3.05, 3.63) is 35.3 Å². The molecule has 0 aromatic carbocycles. The van der Waals surface area contributed by atoms with Gasteiger partial charge in [-0.05, 0) is 45.2 Å². The molecule has 0 spiro atoms. The topological polar surface area (TPSA) is 80.3 Å². The fourth-order valence-corrected chi connectivity index (χ4v) is 3.09. The van der Waals surface area contributed by atoms with E-state index < -0.39 is 0 Å². The number of nitrogens with one attached hydrogen (secondary N) is 2. The van der Waals surface area contributed by atoms with Crippen LogP contribution in [-0.2, 0) is 13.0 Å². The Balaban J connectivity index is 0.00000225. The number of halogens is 1. The molecule has 1 aliphatic heterocycles. The maximum absolute atomic E-state index is 5.67. The summed E-state index contributed by atoms with van der Waals surface area (Å²) in [6, 6.07) is 4.05. The lowest BCUT2D eigenvalue weighted by atomic mass is 9.99. The Morgan fingerprint density at radius 1 is 1.40 bits per heavy atom. The molecule has 2 unspecified atom stereocenters. The third kappa shape index (κ3) is 4.74. The van der Waals surface area contributed by atoms with E-state index in [-0.39, 0.29) is 30.0 Å². The van der Waals surface area contributed by atoms with Crippen LogP contribution >= 0.6 is 24.0 Å². The number of guanidine groups is 1. The van der Waals surface area contributed by atoms with Crippen molar-refractivity contribution in [3.63, 3.8) is 0 Å². The average Bonchev–Trinajstić information content (AvgIpc) is 3.17. The van der Waals surface area contributed by atoms with E-state index in [0.29, 0.717) is 5.92 Å². The van der Waals surface area contributed by atoms with Gasteiger partial charge in [-0.2, -0.15) is 0 Å². The lowest BCUT2D eigenvalue weighted by molar-refractivity contribution is 0.357. The molecule has 0 radical (unpaired) electrons. The smallest absolute Gasteiger partial charge is 0.191 e. The molecule has 0 bridgehead atoms. The second kappa shape index (κ2) is 8.68. The average molecular weight is 458 g/mol. The minimum atomic E-state index is 0. The van der Waals surface area contributed by atoms with Gasteiger partial charge in [0.1, 0.15) is 23.2 Å². The molecule has 0 saturated carbocycles. The Bertz CT molecular complexity index is 723. The summed E-state index contributed by atoms with van der Waals surface area (Å²) >= 11 is 0. The van der Waals surface area contributed by atoms with Crippen molar-refractivity contribution >= 4 is 29.9 Å². The second-order valence-corrected chi connectivity index (χ2v) is 6.45. The van der Waals surface area contributed by atoms with Crippen LogP contribution in [0.2, 0.25) is 0 Å². The maximum atomic E-state index is 5.67. The maximum Gasteiger partial charge on any atom is 0.191 e. The number of rotatable bonds is 4. The van der Waals surface area contributed by atoms with Gasteiger partial charge in [-0.1, -0.05) is 0 Å². The third-order valence-corrected chi connectivity index (χ3v) is 4.55.